The molecule has 37 heavy (non-hydrogen) atoms. The molecular weight excluding hydrogens is 490 g/mol. The molecule has 0 saturated carbocycles. The van der Waals surface area contributed by atoms with E-state index in [-0.39, 0.29) is 18.9 Å². The fourth-order valence-corrected chi connectivity index (χ4v) is 5.67. The molecule has 0 N–H and O–H groups in total. The maximum atomic E-state index is 13.6. The molecule has 5 rings (SSSR count). The van der Waals surface area contributed by atoms with Crippen molar-refractivity contribution < 1.29 is 23.8 Å². The van der Waals surface area contributed by atoms with Gasteiger partial charge in [-0.3, -0.25) is 4.79 Å². The van der Waals surface area contributed by atoms with Crippen LogP contribution in [0.25, 0.3) is 5.70 Å². The first-order valence-electron chi connectivity index (χ1n) is 12.3. The third-order valence-corrected chi connectivity index (χ3v) is 7.37. The number of carbonyl (C=O) groups is 2. The zero-order valence-electron chi connectivity index (χ0n) is 20.9. The quantitative estimate of drug-likeness (QED) is 0.507. The van der Waals surface area contributed by atoms with Crippen molar-refractivity contribution in [2.45, 2.75) is 19.4 Å². The molecule has 3 aliphatic heterocycles. The van der Waals surface area contributed by atoms with Crippen molar-refractivity contribution in [3.8, 4) is 5.75 Å². The Kier molecular flexibility index (Phi) is 7.62. The highest BCUT2D eigenvalue weighted by molar-refractivity contribution is 8.16. The molecule has 1 atom stereocenters. The molecule has 1 amide bonds. The number of aliphatic imine (C=N–C) groups is 1. The van der Waals surface area contributed by atoms with E-state index in [9.17, 15) is 9.59 Å². The number of benzene rings is 2. The summed E-state index contributed by atoms with van der Waals surface area (Å²) >= 11 is 1.45. The smallest absolute Gasteiger partial charge is 0.338 e. The summed E-state index contributed by atoms with van der Waals surface area (Å²) in [5.74, 6) is 0.209. The fraction of sp³-hybridized carbons (Fsp3) is 0.321. The monoisotopic (exact) mass is 519 g/mol. The van der Waals surface area contributed by atoms with Gasteiger partial charge in [-0.15, -0.1) is 0 Å². The van der Waals surface area contributed by atoms with Crippen molar-refractivity contribution in [1.82, 2.24) is 9.80 Å². The molecule has 8 nitrogen and oxygen atoms in total. The molecule has 9 heteroatoms. The molecule has 1 saturated heterocycles. The number of nitrogens with zero attached hydrogens (tertiary/aromatic N) is 3. The highest BCUT2D eigenvalue weighted by Crippen LogP contribution is 2.48. The molecular formula is C28H29N3O5S. The standard InChI is InChI=1S/C28H29N3O5S/c1-3-36-27(33)24-25(19-9-5-4-6-10-19)29-28-31(26(24)21-11-7-8-12-22(21)34-2)20(18-37-28)17-23(32)30-13-15-35-16-14-30/h4-12,18,26H,3,13-17H2,1-2H3/t26-/m0/s1. The lowest BCUT2D eigenvalue weighted by Gasteiger charge is -2.37. The number of carbonyl (C=O) groups excluding carboxylic acids is 2. The second-order valence-corrected chi connectivity index (χ2v) is 9.49. The number of hydrogen-bond acceptors (Lipinski definition) is 8. The molecule has 0 unspecified atom stereocenters. The number of thioether (sulfide) groups is 1. The first kappa shape index (κ1) is 25.1. The molecule has 2 aromatic carbocycles. The van der Waals surface area contributed by atoms with Gasteiger partial charge in [0.25, 0.3) is 0 Å². The van der Waals surface area contributed by atoms with Crippen molar-refractivity contribution in [3.63, 3.8) is 0 Å². The summed E-state index contributed by atoms with van der Waals surface area (Å²) in [7, 11) is 1.61. The molecule has 0 aromatic heterocycles. The second kappa shape index (κ2) is 11.2. The number of ether oxygens (including phenoxy) is 3. The molecule has 0 spiro atoms. The third-order valence-electron chi connectivity index (χ3n) is 6.48. The summed E-state index contributed by atoms with van der Waals surface area (Å²) < 4.78 is 16.7. The summed E-state index contributed by atoms with van der Waals surface area (Å²) in [6.07, 6.45) is 0.189. The van der Waals surface area contributed by atoms with Gasteiger partial charge in [0.2, 0.25) is 5.91 Å². The molecule has 1 fully saturated rings. The fourth-order valence-electron chi connectivity index (χ4n) is 4.75. The Hall–Kier alpha value is -3.56. The molecule has 0 bridgehead atoms. The van der Waals surface area contributed by atoms with Crippen LogP contribution in [0.2, 0.25) is 0 Å². The van der Waals surface area contributed by atoms with Crippen molar-refractivity contribution in [3.05, 3.63) is 82.4 Å². The van der Waals surface area contributed by atoms with Crippen LogP contribution in [-0.2, 0) is 19.1 Å². The van der Waals surface area contributed by atoms with Gasteiger partial charge in [0.1, 0.15) is 5.75 Å². The second-order valence-electron chi connectivity index (χ2n) is 8.65. The summed E-state index contributed by atoms with van der Waals surface area (Å²) in [4.78, 5) is 35.6. The topological polar surface area (TPSA) is 80.7 Å². The van der Waals surface area contributed by atoms with Crippen molar-refractivity contribution in [1.29, 1.82) is 0 Å². The largest absolute Gasteiger partial charge is 0.496 e. The highest BCUT2D eigenvalue weighted by atomic mass is 32.2. The summed E-state index contributed by atoms with van der Waals surface area (Å²) in [6, 6.07) is 16.7. The number of methoxy groups -OCH3 is 1. The van der Waals surface area contributed by atoms with E-state index >= 15 is 0 Å². The van der Waals surface area contributed by atoms with E-state index in [0.717, 1.165) is 16.8 Å². The Morgan fingerprint density at radius 1 is 1.08 bits per heavy atom. The van der Waals surface area contributed by atoms with Crippen LogP contribution in [0.4, 0.5) is 0 Å². The van der Waals surface area contributed by atoms with Gasteiger partial charge in [-0.25, -0.2) is 9.79 Å². The molecule has 192 valence electrons. The number of rotatable bonds is 7. The van der Waals surface area contributed by atoms with Crippen LogP contribution in [0.1, 0.15) is 30.5 Å². The van der Waals surface area contributed by atoms with E-state index < -0.39 is 12.0 Å². The number of esters is 1. The lowest BCUT2D eigenvalue weighted by atomic mass is 9.91. The molecule has 3 aliphatic rings. The van der Waals surface area contributed by atoms with Gasteiger partial charge in [0.05, 0.1) is 50.7 Å². The van der Waals surface area contributed by atoms with Crippen molar-refractivity contribution in [2.75, 3.05) is 40.0 Å². The Morgan fingerprint density at radius 2 is 1.81 bits per heavy atom. The number of morpholine rings is 1. The maximum absolute atomic E-state index is 13.6. The minimum absolute atomic E-state index is 0.0192. The zero-order valence-corrected chi connectivity index (χ0v) is 21.7. The van der Waals surface area contributed by atoms with E-state index in [4.69, 9.17) is 19.2 Å². The van der Waals surface area contributed by atoms with Crippen molar-refractivity contribution in [2.24, 2.45) is 4.99 Å². The van der Waals surface area contributed by atoms with Crippen molar-refractivity contribution >= 4 is 34.5 Å². The van der Waals surface area contributed by atoms with Gasteiger partial charge in [-0.2, -0.15) is 0 Å². The number of para-hydroxylation sites is 1. The Morgan fingerprint density at radius 3 is 2.54 bits per heavy atom. The summed E-state index contributed by atoms with van der Waals surface area (Å²) in [6.45, 7) is 4.23. The van der Waals surface area contributed by atoms with Crippen LogP contribution >= 0.6 is 11.8 Å². The normalized spacial score (nSPS) is 19.2. The van der Waals surface area contributed by atoms with Gasteiger partial charge in [-0.1, -0.05) is 60.3 Å². The predicted octanol–water partition coefficient (Wildman–Crippen LogP) is 4.22. The van der Waals surface area contributed by atoms with Gasteiger partial charge in [0.15, 0.2) is 5.17 Å². The van der Waals surface area contributed by atoms with E-state index in [1.807, 2.05) is 69.8 Å². The highest BCUT2D eigenvalue weighted by Gasteiger charge is 2.43. The lowest BCUT2D eigenvalue weighted by molar-refractivity contribution is -0.139. The van der Waals surface area contributed by atoms with Gasteiger partial charge in [0, 0.05) is 29.9 Å². The molecule has 2 aromatic rings. The van der Waals surface area contributed by atoms with Gasteiger partial charge in [-0.05, 0) is 18.4 Å². The average Bonchev–Trinajstić information content (AvgIpc) is 3.35. The summed E-state index contributed by atoms with van der Waals surface area (Å²) in [5, 5.41) is 2.66. The van der Waals surface area contributed by atoms with Crippen LogP contribution in [-0.4, -0.2) is 66.9 Å². The summed E-state index contributed by atoms with van der Waals surface area (Å²) in [5.41, 5.74) is 3.36. The van der Waals surface area contributed by atoms with E-state index in [1.165, 1.54) is 11.8 Å². The number of amidine groups is 1. The molecule has 3 heterocycles. The molecule has 0 radical (unpaired) electrons. The minimum Gasteiger partial charge on any atom is -0.496 e. The Balaban J connectivity index is 1.63. The van der Waals surface area contributed by atoms with Crippen LogP contribution in [0.5, 0.6) is 5.75 Å². The average molecular weight is 520 g/mol. The van der Waals surface area contributed by atoms with Crippen LogP contribution in [0.3, 0.4) is 0 Å². The lowest BCUT2D eigenvalue weighted by Crippen LogP contribution is -2.42. The van der Waals surface area contributed by atoms with Crippen LogP contribution in [0, 0.1) is 0 Å². The number of hydrogen-bond donors (Lipinski definition) is 0. The Labute approximate surface area is 220 Å². The third kappa shape index (κ3) is 5.01. The Bertz CT molecular complexity index is 1270. The van der Waals surface area contributed by atoms with E-state index in [2.05, 4.69) is 0 Å². The zero-order chi connectivity index (χ0) is 25.8. The van der Waals surface area contributed by atoms with E-state index in [0.29, 0.717) is 48.5 Å². The van der Waals surface area contributed by atoms with E-state index in [1.54, 1.807) is 14.0 Å². The predicted molar refractivity (Wildman–Crippen MR) is 143 cm³/mol. The molecule has 0 aliphatic carbocycles. The van der Waals surface area contributed by atoms with Gasteiger partial charge >= 0.3 is 5.97 Å². The van der Waals surface area contributed by atoms with Gasteiger partial charge < -0.3 is 24.0 Å². The van der Waals surface area contributed by atoms with Crippen LogP contribution < -0.4 is 4.74 Å². The minimum atomic E-state index is -0.586. The van der Waals surface area contributed by atoms with Crippen LogP contribution in [0.15, 0.2) is 76.3 Å². The number of amides is 1. The SMILES string of the molecule is CCOC(=O)C1=C(c2ccccc2)N=C2SC=C(CC(=O)N3CCOCC3)N2[C@H]1c1ccccc1OC. The number of fused-ring (bicyclic) bond motifs is 1. The first-order valence-corrected chi connectivity index (χ1v) is 13.2. The first-order chi connectivity index (χ1) is 18.1. The maximum Gasteiger partial charge on any atom is 0.338 e.